The molecule has 0 bridgehead atoms. The van der Waals surface area contributed by atoms with Gasteiger partial charge in [0.05, 0.1) is 13.2 Å². The molecule has 5 nitrogen and oxygen atoms in total. The summed E-state index contributed by atoms with van der Waals surface area (Å²) in [5.41, 5.74) is 8.05. The monoisotopic (exact) mass is 368 g/mol. The van der Waals surface area contributed by atoms with Crippen LogP contribution in [-0.2, 0) is 11.3 Å². The van der Waals surface area contributed by atoms with Crippen molar-refractivity contribution in [2.45, 2.75) is 50.8 Å². The molecule has 1 aliphatic rings. The van der Waals surface area contributed by atoms with Gasteiger partial charge in [0, 0.05) is 30.6 Å². The minimum atomic E-state index is -0.309. The molecule has 0 radical (unpaired) electrons. The van der Waals surface area contributed by atoms with Gasteiger partial charge in [0.1, 0.15) is 11.5 Å². The second-order valence-electron chi connectivity index (χ2n) is 7.00. The molecule has 5 heteroatoms. The summed E-state index contributed by atoms with van der Waals surface area (Å²) in [7, 11) is 1.64. The van der Waals surface area contributed by atoms with E-state index in [4.69, 9.17) is 15.2 Å². The second-order valence-corrected chi connectivity index (χ2v) is 7.00. The van der Waals surface area contributed by atoms with E-state index in [0.717, 1.165) is 35.5 Å². The molecule has 1 saturated carbocycles. The van der Waals surface area contributed by atoms with E-state index in [1.165, 1.54) is 12.8 Å². The maximum atomic E-state index is 12.3. The molecule has 0 saturated heterocycles. The molecule has 1 fully saturated rings. The Hall–Kier alpha value is -2.53. The van der Waals surface area contributed by atoms with Crippen LogP contribution in [0, 0.1) is 0 Å². The minimum Gasteiger partial charge on any atom is -0.497 e. The Labute approximate surface area is 160 Å². The SMILES string of the molecule is COc1ccc(CNC(=O)CC(N)c2ccccc2)c(OC2CCCC2)c1. The molecule has 1 atom stereocenters. The van der Waals surface area contributed by atoms with Crippen molar-refractivity contribution < 1.29 is 14.3 Å². The number of carbonyl (C=O) groups excluding carboxylic acids is 1. The van der Waals surface area contributed by atoms with E-state index < -0.39 is 0 Å². The number of carbonyl (C=O) groups is 1. The Morgan fingerprint density at radius 2 is 1.93 bits per heavy atom. The lowest BCUT2D eigenvalue weighted by molar-refractivity contribution is -0.121. The summed E-state index contributed by atoms with van der Waals surface area (Å²) in [5, 5.41) is 2.96. The molecular weight excluding hydrogens is 340 g/mol. The van der Waals surface area contributed by atoms with Crippen molar-refractivity contribution in [1.29, 1.82) is 0 Å². The van der Waals surface area contributed by atoms with Crippen LogP contribution in [0.5, 0.6) is 11.5 Å². The van der Waals surface area contributed by atoms with Crippen molar-refractivity contribution in [2.24, 2.45) is 5.73 Å². The number of hydrogen-bond acceptors (Lipinski definition) is 4. The van der Waals surface area contributed by atoms with Gasteiger partial charge in [0.2, 0.25) is 5.91 Å². The first-order chi connectivity index (χ1) is 13.2. The summed E-state index contributed by atoms with van der Waals surface area (Å²) in [6.07, 6.45) is 5.07. The molecule has 3 rings (SSSR count). The number of nitrogens with one attached hydrogen (secondary N) is 1. The van der Waals surface area contributed by atoms with Gasteiger partial charge in [-0.25, -0.2) is 0 Å². The van der Waals surface area contributed by atoms with Crippen LogP contribution in [0.15, 0.2) is 48.5 Å². The maximum absolute atomic E-state index is 12.3. The standard InChI is InChI=1S/C22H28N2O3/c1-26-19-12-11-17(21(13-19)27-18-9-5-6-10-18)15-24-22(25)14-20(23)16-7-3-2-4-8-16/h2-4,7-8,11-13,18,20H,5-6,9-10,14-15,23H2,1H3,(H,24,25). The first-order valence-corrected chi connectivity index (χ1v) is 9.56. The van der Waals surface area contributed by atoms with E-state index in [-0.39, 0.29) is 24.5 Å². The first-order valence-electron chi connectivity index (χ1n) is 9.56. The molecular formula is C22H28N2O3. The van der Waals surface area contributed by atoms with Crippen LogP contribution in [0.1, 0.15) is 49.3 Å². The molecule has 0 spiro atoms. The molecule has 0 aliphatic heterocycles. The van der Waals surface area contributed by atoms with Crippen molar-refractivity contribution in [3.8, 4) is 11.5 Å². The topological polar surface area (TPSA) is 73.6 Å². The zero-order valence-electron chi connectivity index (χ0n) is 15.8. The Morgan fingerprint density at radius 3 is 2.63 bits per heavy atom. The fourth-order valence-corrected chi connectivity index (χ4v) is 3.39. The van der Waals surface area contributed by atoms with E-state index in [1.807, 2.05) is 48.5 Å². The highest BCUT2D eigenvalue weighted by molar-refractivity contribution is 5.76. The predicted octanol–water partition coefficient (Wildman–Crippen LogP) is 3.72. The second kappa shape index (κ2) is 9.42. The van der Waals surface area contributed by atoms with Crippen LogP contribution in [0.2, 0.25) is 0 Å². The molecule has 0 aromatic heterocycles. The number of methoxy groups -OCH3 is 1. The van der Waals surface area contributed by atoms with Crippen molar-refractivity contribution >= 4 is 5.91 Å². The number of rotatable bonds is 8. The van der Waals surface area contributed by atoms with Gasteiger partial charge >= 0.3 is 0 Å². The third-order valence-electron chi connectivity index (χ3n) is 4.98. The predicted molar refractivity (Wildman–Crippen MR) is 106 cm³/mol. The summed E-state index contributed by atoms with van der Waals surface area (Å²) < 4.78 is 11.5. The van der Waals surface area contributed by atoms with Crippen LogP contribution in [0.3, 0.4) is 0 Å². The zero-order chi connectivity index (χ0) is 19.1. The summed E-state index contributed by atoms with van der Waals surface area (Å²) >= 11 is 0. The number of ether oxygens (including phenoxy) is 2. The van der Waals surface area contributed by atoms with Crippen molar-refractivity contribution in [3.05, 3.63) is 59.7 Å². The van der Waals surface area contributed by atoms with Gasteiger partial charge in [-0.15, -0.1) is 0 Å². The summed E-state index contributed by atoms with van der Waals surface area (Å²) in [5.74, 6) is 1.46. The number of nitrogens with two attached hydrogens (primary N) is 1. The Morgan fingerprint density at radius 1 is 1.19 bits per heavy atom. The van der Waals surface area contributed by atoms with E-state index in [9.17, 15) is 4.79 Å². The molecule has 1 unspecified atom stereocenters. The lowest BCUT2D eigenvalue weighted by atomic mass is 10.0. The zero-order valence-corrected chi connectivity index (χ0v) is 15.8. The molecule has 2 aromatic carbocycles. The normalized spacial score (nSPS) is 15.3. The first kappa shape index (κ1) is 19.2. The van der Waals surface area contributed by atoms with Gasteiger partial charge in [-0.05, 0) is 43.4 Å². The molecule has 144 valence electrons. The van der Waals surface area contributed by atoms with E-state index in [2.05, 4.69) is 5.32 Å². The van der Waals surface area contributed by atoms with Crippen LogP contribution in [0.4, 0.5) is 0 Å². The Bertz CT molecular complexity index is 742. The Balaban J connectivity index is 1.59. The quantitative estimate of drug-likeness (QED) is 0.745. The van der Waals surface area contributed by atoms with Crippen LogP contribution >= 0.6 is 0 Å². The Kier molecular flexibility index (Phi) is 6.71. The van der Waals surface area contributed by atoms with Crippen molar-refractivity contribution in [1.82, 2.24) is 5.32 Å². The summed E-state index contributed by atoms with van der Waals surface area (Å²) in [6, 6.07) is 15.1. The number of benzene rings is 2. The molecule has 3 N–H and O–H groups in total. The van der Waals surface area contributed by atoms with Gasteiger partial charge in [-0.2, -0.15) is 0 Å². The van der Waals surface area contributed by atoms with Gasteiger partial charge in [-0.1, -0.05) is 30.3 Å². The van der Waals surface area contributed by atoms with Crippen LogP contribution in [-0.4, -0.2) is 19.1 Å². The third-order valence-corrected chi connectivity index (χ3v) is 4.98. The van der Waals surface area contributed by atoms with Gasteiger partial charge < -0.3 is 20.5 Å². The van der Waals surface area contributed by atoms with Gasteiger partial charge in [0.15, 0.2) is 0 Å². The highest BCUT2D eigenvalue weighted by atomic mass is 16.5. The fraction of sp³-hybridized carbons (Fsp3) is 0.409. The lowest BCUT2D eigenvalue weighted by Crippen LogP contribution is -2.27. The van der Waals surface area contributed by atoms with Crippen LogP contribution in [0.25, 0.3) is 0 Å². The molecule has 1 amide bonds. The van der Waals surface area contributed by atoms with Crippen molar-refractivity contribution in [2.75, 3.05) is 7.11 Å². The third kappa shape index (κ3) is 5.47. The fourth-order valence-electron chi connectivity index (χ4n) is 3.39. The molecule has 1 aliphatic carbocycles. The summed E-state index contributed by atoms with van der Waals surface area (Å²) in [4.78, 5) is 12.3. The maximum Gasteiger partial charge on any atom is 0.222 e. The van der Waals surface area contributed by atoms with E-state index >= 15 is 0 Å². The highest BCUT2D eigenvalue weighted by Gasteiger charge is 2.19. The number of amides is 1. The number of hydrogen-bond donors (Lipinski definition) is 2. The highest BCUT2D eigenvalue weighted by Crippen LogP contribution is 2.30. The van der Waals surface area contributed by atoms with Crippen LogP contribution < -0.4 is 20.5 Å². The summed E-state index contributed by atoms with van der Waals surface area (Å²) in [6.45, 7) is 0.409. The van der Waals surface area contributed by atoms with Gasteiger partial charge in [-0.3, -0.25) is 4.79 Å². The van der Waals surface area contributed by atoms with E-state index in [1.54, 1.807) is 7.11 Å². The van der Waals surface area contributed by atoms with E-state index in [0.29, 0.717) is 6.54 Å². The lowest BCUT2D eigenvalue weighted by Gasteiger charge is -2.18. The van der Waals surface area contributed by atoms with Crippen molar-refractivity contribution in [3.63, 3.8) is 0 Å². The smallest absolute Gasteiger partial charge is 0.222 e. The average Bonchev–Trinajstić information content (AvgIpc) is 3.20. The molecule has 0 heterocycles. The van der Waals surface area contributed by atoms with Gasteiger partial charge in [0.25, 0.3) is 0 Å². The largest absolute Gasteiger partial charge is 0.497 e. The average molecular weight is 368 g/mol. The molecule has 2 aromatic rings. The molecule has 27 heavy (non-hydrogen) atoms. The minimum absolute atomic E-state index is 0.0750.